The fourth-order valence-corrected chi connectivity index (χ4v) is 3.32. The molecule has 0 fully saturated rings. The predicted octanol–water partition coefficient (Wildman–Crippen LogP) is 5.18. The quantitative estimate of drug-likeness (QED) is 0.365. The van der Waals surface area contributed by atoms with Crippen LogP contribution in [0.3, 0.4) is 0 Å². The fourth-order valence-electron chi connectivity index (χ4n) is 3.32. The van der Waals surface area contributed by atoms with E-state index in [1.54, 1.807) is 12.1 Å². The molecule has 0 radical (unpaired) electrons. The van der Waals surface area contributed by atoms with Crippen LogP contribution >= 0.6 is 0 Å². The van der Waals surface area contributed by atoms with Gasteiger partial charge in [0.15, 0.2) is 0 Å². The number of ether oxygens (including phenoxy) is 1. The standard InChI is InChI=1S/C24H21NO2/c1-25-21(17-20-7-5-6-10-23(20)25)16-13-18-11-14-19(15-12-18)24(26)27-22-8-3-2-4-9-22/h2-12,14-15,17H,13,16H2,1H3. The Morgan fingerprint density at radius 1 is 0.852 bits per heavy atom. The number of esters is 1. The number of aryl methyl sites for hydroxylation is 3. The highest BCUT2D eigenvalue weighted by molar-refractivity contribution is 5.91. The first-order chi connectivity index (χ1) is 13.2. The largest absolute Gasteiger partial charge is 0.423 e. The first kappa shape index (κ1) is 17.1. The van der Waals surface area contributed by atoms with Crippen LogP contribution in [0.2, 0.25) is 0 Å². The van der Waals surface area contributed by atoms with E-state index >= 15 is 0 Å². The molecule has 134 valence electrons. The SMILES string of the molecule is Cn1c(CCc2ccc(C(=O)Oc3ccccc3)cc2)cc2ccccc21. The minimum atomic E-state index is -0.332. The van der Waals surface area contributed by atoms with E-state index in [4.69, 9.17) is 4.74 Å². The zero-order valence-electron chi connectivity index (χ0n) is 15.3. The summed E-state index contributed by atoms with van der Waals surface area (Å²) in [6.45, 7) is 0. The van der Waals surface area contributed by atoms with E-state index in [9.17, 15) is 4.79 Å². The highest BCUT2D eigenvalue weighted by Gasteiger charge is 2.09. The summed E-state index contributed by atoms with van der Waals surface area (Å²) in [7, 11) is 2.11. The van der Waals surface area contributed by atoms with Crippen molar-refractivity contribution in [3.8, 4) is 5.75 Å². The molecule has 1 heterocycles. The maximum atomic E-state index is 12.2. The number of para-hydroxylation sites is 2. The minimum Gasteiger partial charge on any atom is -0.423 e. The number of benzene rings is 3. The first-order valence-corrected chi connectivity index (χ1v) is 9.10. The van der Waals surface area contributed by atoms with Crippen molar-refractivity contribution in [2.24, 2.45) is 7.05 Å². The molecule has 1 aromatic heterocycles. The molecule has 27 heavy (non-hydrogen) atoms. The third-order valence-corrected chi connectivity index (χ3v) is 4.86. The number of hydrogen-bond donors (Lipinski definition) is 0. The Kier molecular flexibility index (Phi) is 4.75. The van der Waals surface area contributed by atoms with Gasteiger partial charge in [0.25, 0.3) is 0 Å². The molecule has 0 unspecified atom stereocenters. The summed E-state index contributed by atoms with van der Waals surface area (Å²) in [5.74, 6) is 0.226. The Morgan fingerprint density at radius 3 is 2.30 bits per heavy atom. The van der Waals surface area contributed by atoms with E-state index in [0.29, 0.717) is 11.3 Å². The zero-order valence-corrected chi connectivity index (χ0v) is 15.3. The van der Waals surface area contributed by atoms with Gasteiger partial charge in [-0.1, -0.05) is 48.5 Å². The molecular weight excluding hydrogens is 334 g/mol. The molecule has 3 heteroatoms. The predicted molar refractivity (Wildman–Crippen MR) is 108 cm³/mol. The smallest absolute Gasteiger partial charge is 0.343 e. The van der Waals surface area contributed by atoms with E-state index in [1.807, 2.05) is 42.5 Å². The van der Waals surface area contributed by atoms with E-state index < -0.39 is 0 Å². The number of carbonyl (C=O) groups is 1. The molecule has 0 bridgehead atoms. The number of rotatable bonds is 5. The molecule has 0 saturated heterocycles. The monoisotopic (exact) mass is 355 g/mol. The zero-order chi connectivity index (χ0) is 18.6. The second-order valence-electron chi connectivity index (χ2n) is 6.65. The summed E-state index contributed by atoms with van der Waals surface area (Å²) in [5, 5.41) is 1.27. The van der Waals surface area contributed by atoms with Crippen LogP contribution in [-0.4, -0.2) is 10.5 Å². The summed E-state index contributed by atoms with van der Waals surface area (Å²) in [6.07, 6.45) is 1.89. The lowest BCUT2D eigenvalue weighted by Crippen LogP contribution is -2.08. The molecule has 0 spiro atoms. The van der Waals surface area contributed by atoms with Gasteiger partial charge in [0.2, 0.25) is 0 Å². The molecule has 0 aliphatic rings. The van der Waals surface area contributed by atoms with Crippen LogP contribution in [0.4, 0.5) is 0 Å². The van der Waals surface area contributed by atoms with E-state index in [-0.39, 0.29) is 5.97 Å². The van der Waals surface area contributed by atoms with E-state index in [0.717, 1.165) is 12.8 Å². The van der Waals surface area contributed by atoms with Crippen LogP contribution in [0.5, 0.6) is 5.75 Å². The van der Waals surface area contributed by atoms with Crippen LogP contribution in [0.1, 0.15) is 21.6 Å². The van der Waals surface area contributed by atoms with Crippen LogP contribution in [-0.2, 0) is 19.9 Å². The second-order valence-corrected chi connectivity index (χ2v) is 6.65. The lowest BCUT2D eigenvalue weighted by Gasteiger charge is -2.07. The summed E-state index contributed by atoms with van der Waals surface area (Å²) in [6, 6.07) is 27.5. The Labute approximate surface area is 158 Å². The number of hydrogen-bond acceptors (Lipinski definition) is 2. The molecule has 3 nitrogen and oxygen atoms in total. The Balaban J connectivity index is 1.41. The summed E-state index contributed by atoms with van der Waals surface area (Å²) in [5.41, 5.74) is 4.33. The van der Waals surface area contributed by atoms with Crippen molar-refractivity contribution >= 4 is 16.9 Å². The second kappa shape index (κ2) is 7.50. The molecule has 0 amide bonds. The van der Waals surface area contributed by atoms with Gasteiger partial charge in [0.1, 0.15) is 5.75 Å². The van der Waals surface area contributed by atoms with Gasteiger partial charge in [0.05, 0.1) is 5.56 Å². The molecule has 4 rings (SSSR count). The van der Waals surface area contributed by atoms with Gasteiger partial charge in [-0.25, -0.2) is 4.79 Å². The lowest BCUT2D eigenvalue weighted by atomic mass is 10.1. The molecule has 0 atom stereocenters. The minimum absolute atomic E-state index is 0.332. The first-order valence-electron chi connectivity index (χ1n) is 9.10. The fraction of sp³-hybridized carbons (Fsp3) is 0.125. The van der Waals surface area contributed by atoms with Crippen molar-refractivity contribution in [2.45, 2.75) is 12.8 Å². The van der Waals surface area contributed by atoms with E-state index in [1.165, 1.54) is 22.2 Å². The summed E-state index contributed by atoms with van der Waals surface area (Å²) >= 11 is 0. The molecule has 4 aromatic rings. The Morgan fingerprint density at radius 2 is 1.56 bits per heavy atom. The Bertz CT molecular complexity index is 1060. The molecule has 0 N–H and O–H groups in total. The van der Waals surface area contributed by atoms with Crippen molar-refractivity contribution in [1.82, 2.24) is 4.57 Å². The Hall–Kier alpha value is -3.33. The third kappa shape index (κ3) is 3.77. The van der Waals surface area contributed by atoms with Crippen molar-refractivity contribution in [3.63, 3.8) is 0 Å². The average Bonchev–Trinajstić information content (AvgIpc) is 3.03. The van der Waals surface area contributed by atoms with Crippen molar-refractivity contribution < 1.29 is 9.53 Å². The van der Waals surface area contributed by atoms with Gasteiger partial charge in [0, 0.05) is 18.3 Å². The highest BCUT2D eigenvalue weighted by Crippen LogP contribution is 2.20. The molecule has 0 aliphatic heterocycles. The number of fused-ring (bicyclic) bond motifs is 1. The van der Waals surface area contributed by atoms with Crippen molar-refractivity contribution in [3.05, 3.63) is 102 Å². The van der Waals surface area contributed by atoms with Gasteiger partial charge in [-0.3, -0.25) is 0 Å². The lowest BCUT2D eigenvalue weighted by molar-refractivity contribution is 0.0735. The maximum Gasteiger partial charge on any atom is 0.343 e. The summed E-state index contributed by atoms with van der Waals surface area (Å²) < 4.78 is 7.63. The van der Waals surface area contributed by atoms with Gasteiger partial charge < -0.3 is 9.30 Å². The topological polar surface area (TPSA) is 31.2 Å². The van der Waals surface area contributed by atoms with Gasteiger partial charge in [-0.05, 0) is 60.2 Å². The molecule has 0 saturated carbocycles. The highest BCUT2D eigenvalue weighted by atomic mass is 16.5. The van der Waals surface area contributed by atoms with Gasteiger partial charge >= 0.3 is 5.97 Å². The van der Waals surface area contributed by atoms with Crippen molar-refractivity contribution in [2.75, 3.05) is 0 Å². The molecule has 3 aromatic carbocycles. The maximum absolute atomic E-state index is 12.2. The number of carbonyl (C=O) groups excluding carboxylic acids is 1. The molecular formula is C24H21NO2. The molecule has 0 aliphatic carbocycles. The normalized spacial score (nSPS) is 10.9. The van der Waals surface area contributed by atoms with Crippen LogP contribution in [0.25, 0.3) is 10.9 Å². The number of aromatic nitrogens is 1. The van der Waals surface area contributed by atoms with Crippen LogP contribution < -0.4 is 4.74 Å². The third-order valence-electron chi connectivity index (χ3n) is 4.86. The van der Waals surface area contributed by atoms with Gasteiger partial charge in [-0.2, -0.15) is 0 Å². The summed E-state index contributed by atoms with van der Waals surface area (Å²) in [4.78, 5) is 12.2. The van der Waals surface area contributed by atoms with Gasteiger partial charge in [-0.15, -0.1) is 0 Å². The number of nitrogens with zero attached hydrogens (tertiary/aromatic N) is 1. The van der Waals surface area contributed by atoms with Crippen LogP contribution in [0.15, 0.2) is 84.9 Å². The van der Waals surface area contributed by atoms with Crippen LogP contribution in [0, 0.1) is 0 Å². The van der Waals surface area contributed by atoms with E-state index in [2.05, 4.69) is 41.9 Å². The van der Waals surface area contributed by atoms with Crippen molar-refractivity contribution in [1.29, 1.82) is 0 Å². The average molecular weight is 355 g/mol.